The SMILES string of the molecule is CCc1ccc(CC(N)c2ccc(Br)cc2OC)nc1. The predicted molar refractivity (Wildman–Crippen MR) is 84.9 cm³/mol. The minimum Gasteiger partial charge on any atom is -0.496 e. The summed E-state index contributed by atoms with van der Waals surface area (Å²) in [5.74, 6) is 0.803. The molecule has 4 heteroatoms. The van der Waals surface area contributed by atoms with Crippen LogP contribution in [0.3, 0.4) is 0 Å². The van der Waals surface area contributed by atoms with Crippen LogP contribution in [0.2, 0.25) is 0 Å². The van der Waals surface area contributed by atoms with E-state index >= 15 is 0 Å². The molecule has 0 bridgehead atoms. The quantitative estimate of drug-likeness (QED) is 0.907. The molecule has 1 aromatic carbocycles. The van der Waals surface area contributed by atoms with Gasteiger partial charge in [-0.05, 0) is 30.2 Å². The first kappa shape index (κ1) is 15.0. The zero-order chi connectivity index (χ0) is 14.5. The molecule has 0 aliphatic rings. The molecule has 0 aliphatic heterocycles. The van der Waals surface area contributed by atoms with Gasteiger partial charge >= 0.3 is 0 Å². The minimum absolute atomic E-state index is 0.127. The number of aryl methyl sites for hydroxylation is 1. The van der Waals surface area contributed by atoms with Crippen molar-refractivity contribution in [3.8, 4) is 5.75 Å². The summed E-state index contributed by atoms with van der Waals surface area (Å²) >= 11 is 3.44. The molecule has 20 heavy (non-hydrogen) atoms. The lowest BCUT2D eigenvalue weighted by Gasteiger charge is -2.16. The number of nitrogens with two attached hydrogens (primary N) is 1. The van der Waals surface area contributed by atoms with Crippen molar-refractivity contribution in [2.24, 2.45) is 5.73 Å². The van der Waals surface area contributed by atoms with Crippen molar-refractivity contribution in [3.05, 3.63) is 57.8 Å². The number of aromatic nitrogens is 1. The lowest BCUT2D eigenvalue weighted by Crippen LogP contribution is -2.15. The molecule has 1 heterocycles. The summed E-state index contributed by atoms with van der Waals surface area (Å²) < 4.78 is 6.37. The van der Waals surface area contributed by atoms with Gasteiger partial charge < -0.3 is 10.5 Å². The molecule has 0 saturated carbocycles. The van der Waals surface area contributed by atoms with Crippen molar-refractivity contribution in [1.82, 2.24) is 4.98 Å². The van der Waals surface area contributed by atoms with Gasteiger partial charge in [0.15, 0.2) is 0 Å². The smallest absolute Gasteiger partial charge is 0.124 e. The Bertz CT molecular complexity index is 569. The average Bonchev–Trinajstić information content (AvgIpc) is 2.47. The Balaban J connectivity index is 2.16. The van der Waals surface area contributed by atoms with Crippen LogP contribution >= 0.6 is 15.9 Å². The van der Waals surface area contributed by atoms with Crippen LogP contribution < -0.4 is 10.5 Å². The maximum Gasteiger partial charge on any atom is 0.124 e. The standard InChI is InChI=1S/C16H19BrN2O/c1-3-11-4-6-13(19-10-11)9-15(18)14-7-5-12(17)8-16(14)20-2/h4-8,10,15H,3,9,18H2,1-2H3. The van der Waals surface area contributed by atoms with Crippen LogP contribution in [0.5, 0.6) is 5.75 Å². The van der Waals surface area contributed by atoms with Crippen LogP contribution in [0, 0.1) is 0 Å². The molecule has 0 spiro atoms. The number of ether oxygens (including phenoxy) is 1. The highest BCUT2D eigenvalue weighted by Gasteiger charge is 2.13. The molecule has 0 radical (unpaired) electrons. The van der Waals surface area contributed by atoms with E-state index in [0.717, 1.165) is 27.9 Å². The number of pyridine rings is 1. The predicted octanol–water partition coefficient (Wildman–Crippen LogP) is 3.66. The zero-order valence-electron chi connectivity index (χ0n) is 11.8. The van der Waals surface area contributed by atoms with Gasteiger partial charge in [-0.15, -0.1) is 0 Å². The number of methoxy groups -OCH3 is 1. The monoisotopic (exact) mass is 334 g/mol. The van der Waals surface area contributed by atoms with E-state index in [1.807, 2.05) is 30.5 Å². The van der Waals surface area contributed by atoms with Crippen LogP contribution in [0.25, 0.3) is 0 Å². The van der Waals surface area contributed by atoms with Gasteiger partial charge in [0, 0.05) is 34.4 Å². The number of hydrogen-bond donors (Lipinski definition) is 1. The third-order valence-corrected chi connectivity index (χ3v) is 3.81. The minimum atomic E-state index is -0.127. The third-order valence-electron chi connectivity index (χ3n) is 3.32. The van der Waals surface area contributed by atoms with E-state index in [1.54, 1.807) is 7.11 Å². The molecule has 0 fully saturated rings. The van der Waals surface area contributed by atoms with E-state index in [-0.39, 0.29) is 6.04 Å². The highest BCUT2D eigenvalue weighted by molar-refractivity contribution is 9.10. The Kier molecular flexibility index (Phi) is 5.15. The number of halogens is 1. The topological polar surface area (TPSA) is 48.1 Å². The molecule has 3 nitrogen and oxygen atoms in total. The zero-order valence-corrected chi connectivity index (χ0v) is 13.4. The second-order valence-corrected chi connectivity index (χ2v) is 5.62. The fourth-order valence-corrected chi connectivity index (χ4v) is 2.45. The van der Waals surface area contributed by atoms with Gasteiger partial charge in [-0.2, -0.15) is 0 Å². The Morgan fingerprint density at radius 1 is 1.30 bits per heavy atom. The highest BCUT2D eigenvalue weighted by atomic mass is 79.9. The summed E-state index contributed by atoms with van der Waals surface area (Å²) in [4.78, 5) is 4.46. The summed E-state index contributed by atoms with van der Waals surface area (Å²) in [7, 11) is 1.66. The molecule has 2 rings (SSSR count). The molecule has 0 saturated heterocycles. The van der Waals surface area contributed by atoms with Gasteiger partial charge in [-0.3, -0.25) is 4.98 Å². The number of nitrogens with zero attached hydrogens (tertiary/aromatic N) is 1. The van der Waals surface area contributed by atoms with Gasteiger partial charge in [0.25, 0.3) is 0 Å². The van der Waals surface area contributed by atoms with Crippen molar-refractivity contribution in [3.63, 3.8) is 0 Å². The molecular weight excluding hydrogens is 316 g/mol. The average molecular weight is 335 g/mol. The van der Waals surface area contributed by atoms with Gasteiger partial charge in [-0.25, -0.2) is 0 Å². The first-order valence-corrected chi connectivity index (χ1v) is 7.46. The van der Waals surface area contributed by atoms with Crippen molar-refractivity contribution in [2.75, 3.05) is 7.11 Å². The third kappa shape index (κ3) is 3.58. The van der Waals surface area contributed by atoms with E-state index in [4.69, 9.17) is 10.5 Å². The van der Waals surface area contributed by atoms with Gasteiger partial charge in [-0.1, -0.05) is 35.0 Å². The van der Waals surface area contributed by atoms with E-state index in [9.17, 15) is 0 Å². The Labute approximate surface area is 128 Å². The number of rotatable bonds is 5. The molecule has 106 valence electrons. The Morgan fingerprint density at radius 3 is 2.70 bits per heavy atom. The normalized spacial score (nSPS) is 12.2. The maximum absolute atomic E-state index is 6.29. The van der Waals surface area contributed by atoms with Crippen molar-refractivity contribution < 1.29 is 4.74 Å². The molecule has 1 unspecified atom stereocenters. The van der Waals surface area contributed by atoms with Crippen LogP contribution in [0.4, 0.5) is 0 Å². The Hall–Kier alpha value is -1.39. The van der Waals surface area contributed by atoms with E-state index in [1.165, 1.54) is 5.56 Å². The lowest BCUT2D eigenvalue weighted by molar-refractivity contribution is 0.405. The van der Waals surface area contributed by atoms with Crippen LogP contribution in [0.1, 0.15) is 29.8 Å². The largest absolute Gasteiger partial charge is 0.496 e. The molecule has 1 atom stereocenters. The number of benzene rings is 1. The van der Waals surface area contributed by atoms with Crippen LogP contribution in [0.15, 0.2) is 41.0 Å². The summed E-state index contributed by atoms with van der Waals surface area (Å²) in [5, 5.41) is 0. The van der Waals surface area contributed by atoms with E-state index in [2.05, 4.69) is 33.9 Å². The maximum atomic E-state index is 6.29. The number of hydrogen-bond acceptors (Lipinski definition) is 3. The highest BCUT2D eigenvalue weighted by Crippen LogP contribution is 2.28. The van der Waals surface area contributed by atoms with Gasteiger partial charge in [0.2, 0.25) is 0 Å². The van der Waals surface area contributed by atoms with Crippen molar-refractivity contribution >= 4 is 15.9 Å². The lowest BCUT2D eigenvalue weighted by atomic mass is 10.0. The first-order chi connectivity index (χ1) is 9.63. The summed E-state index contributed by atoms with van der Waals surface area (Å²) in [6.45, 7) is 2.12. The fourth-order valence-electron chi connectivity index (χ4n) is 2.11. The molecular formula is C16H19BrN2O. The fraction of sp³-hybridized carbons (Fsp3) is 0.312. The first-order valence-electron chi connectivity index (χ1n) is 6.67. The van der Waals surface area contributed by atoms with E-state index in [0.29, 0.717) is 6.42 Å². The molecule has 1 aromatic heterocycles. The second kappa shape index (κ2) is 6.86. The molecule has 2 aromatic rings. The Morgan fingerprint density at radius 2 is 2.10 bits per heavy atom. The van der Waals surface area contributed by atoms with Crippen LogP contribution in [-0.2, 0) is 12.8 Å². The van der Waals surface area contributed by atoms with Gasteiger partial charge in [0.05, 0.1) is 7.11 Å². The van der Waals surface area contributed by atoms with Crippen molar-refractivity contribution in [2.45, 2.75) is 25.8 Å². The molecule has 0 aliphatic carbocycles. The second-order valence-electron chi connectivity index (χ2n) is 4.71. The van der Waals surface area contributed by atoms with Gasteiger partial charge in [0.1, 0.15) is 5.75 Å². The van der Waals surface area contributed by atoms with Crippen molar-refractivity contribution in [1.29, 1.82) is 0 Å². The van der Waals surface area contributed by atoms with Crippen LogP contribution in [-0.4, -0.2) is 12.1 Å². The summed E-state index contributed by atoms with van der Waals surface area (Å²) in [5.41, 5.74) is 9.53. The summed E-state index contributed by atoms with van der Waals surface area (Å²) in [6.07, 6.45) is 3.61. The van der Waals surface area contributed by atoms with E-state index < -0.39 is 0 Å². The summed E-state index contributed by atoms with van der Waals surface area (Å²) in [6, 6.07) is 9.93. The molecule has 0 amide bonds. The molecule has 2 N–H and O–H groups in total.